The van der Waals surface area contributed by atoms with Crippen LogP contribution in [0.4, 0.5) is 13.2 Å². The van der Waals surface area contributed by atoms with E-state index in [4.69, 9.17) is 9.47 Å². The van der Waals surface area contributed by atoms with Gasteiger partial charge in [0.1, 0.15) is 11.5 Å². The fraction of sp³-hybridized carbons (Fsp3) is 0.238. The number of ether oxygens (including phenoxy) is 2. The summed E-state index contributed by atoms with van der Waals surface area (Å²) in [5.74, 6) is 0.317. The van der Waals surface area contributed by atoms with Gasteiger partial charge in [0.05, 0.1) is 31.7 Å². The second-order valence-electron chi connectivity index (χ2n) is 6.38. The van der Waals surface area contributed by atoms with Crippen molar-refractivity contribution in [3.05, 3.63) is 71.5 Å². The summed E-state index contributed by atoms with van der Waals surface area (Å²) < 4.78 is 52.1. The lowest BCUT2D eigenvalue weighted by Gasteiger charge is -2.13. The first-order chi connectivity index (χ1) is 14.3. The van der Waals surface area contributed by atoms with Gasteiger partial charge in [-0.05, 0) is 36.2 Å². The molecule has 0 atom stereocenters. The Hall–Kier alpha value is -3.49. The van der Waals surface area contributed by atoms with Gasteiger partial charge in [0.15, 0.2) is 5.69 Å². The van der Waals surface area contributed by atoms with Gasteiger partial charge in [-0.15, -0.1) is 0 Å². The largest absolute Gasteiger partial charge is 0.497 e. The van der Waals surface area contributed by atoms with Crippen LogP contribution in [-0.4, -0.2) is 36.5 Å². The maximum absolute atomic E-state index is 13.7. The Labute approximate surface area is 171 Å². The number of aromatic nitrogens is 2. The molecule has 3 aromatic rings. The molecule has 6 nitrogen and oxygen atoms in total. The molecular weight excluding hydrogens is 399 g/mol. The van der Waals surface area contributed by atoms with E-state index in [-0.39, 0.29) is 12.2 Å². The molecule has 1 heterocycles. The first kappa shape index (κ1) is 21.2. The molecule has 0 radical (unpaired) electrons. The molecule has 1 aromatic heterocycles. The predicted octanol–water partition coefficient (Wildman–Crippen LogP) is 3.88. The number of halogens is 3. The summed E-state index contributed by atoms with van der Waals surface area (Å²) in [6.45, 7) is 0.128. The summed E-state index contributed by atoms with van der Waals surface area (Å²) in [6.07, 6.45) is -3.44. The van der Waals surface area contributed by atoms with E-state index in [1.165, 1.54) is 26.4 Å². The lowest BCUT2D eigenvalue weighted by Crippen LogP contribution is -2.28. The van der Waals surface area contributed by atoms with Crippen molar-refractivity contribution in [2.45, 2.75) is 12.6 Å². The first-order valence-corrected chi connectivity index (χ1v) is 9.04. The number of carbonyl (C=O) groups excluding carboxylic acids is 1. The molecule has 0 aliphatic rings. The third kappa shape index (κ3) is 4.73. The van der Waals surface area contributed by atoms with Crippen LogP contribution in [-0.2, 0) is 12.6 Å². The minimum absolute atomic E-state index is 0.128. The third-order valence-electron chi connectivity index (χ3n) is 4.39. The van der Waals surface area contributed by atoms with Gasteiger partial charge >= 0.3 is 6.18 Å². The number of hydrogen-bond acceptors (Lipinski definition) is 4. The van der Waals surface area contributed by atoms with Gasteiger partial charge in [-0.25, -0.2) is 4.68 Å². The molecular formula is C21H20F3N3O3. The second-order valence-corrected chi connectivity index (χ2v) is 6.38. The van der Waals surface area contributed by atoms with Gasteiger partial charge in [0, 0.05) is 12.6 Å². The summed E-state index contributed by atoms with van der Waals surface area (Å²) in [7, 11) is 3.03. The zero-order chi connectivity index (χ0) is 21.7. The number of amides is 1. The van der Waals surface area contributed by atoms with Crippen LogP contribution in [0.3, 0.4) is 0 Å². The van der Waals surface area contributed by atoms with Crippen molar-refractivity contribution >= 4 is 5.91 Å². The minimum Gasteiger partial charge on any atom is -0.497 e. The molecule has 158 valence electrons. The average molecular weight is 419 g/mol. The Morgan fingerprint density at radius 1 is 1.07 bits per heavy atom. The molecule has 2 aromatic carbocycles. The molecule has 1 amide bonds. The summed E-state index contributed by atoms with van der Waals surface area (Å²) in [5, 5.41) is 6.31. The zero-order valence-corrected chi connectivity index (χ0v) is 16.4. The highest BCUT2D eigenvalue weighted by molar-refractivity contribution is 5.95. The quantitative estimate of drug-likeness (QED) is 0.631. The van der Waals surface area contributed by atoms with E-state index < -0.39 is 23.3 Å². The van der Waals surface area contributed by atoms with Gasteiger partial charge in [0.25, 0.3) is 5.91 Å². The van der Waals surface area contributed by atoms with E-state index in [1.54, 1.807) is 36.4 Å². The average Bonchev–Trinajstić information content (AvgIpc) is 3.20. The van der Waals surface area contributed by atoms with Crippen molar-refractivity contribution in [3.8, 4) is 17.2 Å². The van der Waals surface area contributed by atoms with Crippen LogP contribution in [0.15, 0.2) is 54.7 Å². The molecule has 1 N–H and O–H groups in total. The Morgan fingerprint density at radius 3 is 2.27 bits per heavy atom. The molecule has 0 bridgehead atoms. The Balaban J connectivity index is 1.77. The van der Waals surface area contributed by atoms with E-state index in [2.05, 4.69) is 10.4 Å². The van der Waals surface area contributed by atoms with E-state index in [0.29, 0.717) is 17.9 Å². The summed E-state index contributed by atoms with van der Waals surface area (Å²) in [4.78, 5) is 12.5. The van der Waals surface area contributed by atoms with Crippen LogP contribution in [0, 0.1) is 0 Å². The topological polar surface area (TPSA) is 65.4 Å². The van der Waals surface area contributed by atoms with E-state index >= 15 is 0 Å². The number of alkyl halides is 3. The van der Waals surface area contributed by atoms with Gasteiger partial charge in [-0.3, -0.25) is 4.79 Å². The van der Waals surface area contributed by atoms with E-state index in [9.17, 15) is 18.0 Å². The highest BCUT2D eigenvalue weighted by Crippen LogP contribution is 2.33. The Morgan fingerprint density at radius 2 is 1.70 bits per heavy atom. The number of nitrogens with zero attached hydrogens (tertiary/aromatic N) is 2. The Bertz CT molecular complexity index is 995. The van der Waals surface area contributed by atoms with Crippen molar-refractivity contribution < 1.29 is 27.4 Å². The SMILES string of the molecule is COc1cc(CCNC(=O)c2cnn(-c3ccccc3)c2C(F)(F)F)cc(OC)c1. The van der Waals surface area contributed by atoms with Crippen LogP contribution in [0.1, 0.15) is 21.6 Å². The molecule has 0 saturated heterocycles. The monoisotopic (exact) mass is 419 g/mol. The molecule has 9 heteroatoms. The molecule has 0 unspecified atom stereocenters. The van der Waals surface area contributed by atoms with Crippen LogP contribution in [0.5, 0.6) is 11.5 Å². The summed E-state index contributed by atoms with van der Waals surface area (Å²) in [6, 6.07) is 13.1. The number of carbonyl (C=O) groups is 1. The number of rotatable bonds is 7. The fourth-order valence-corrected chi connectivity index (χ4v) is 2.98. The lowest BCUT2D eigenvalue weighted by molar-refractivity contribution is -0.143. The van der Waals surface area contributed by atoms with Crippen LogP contribution in [0.2, 0.25) is 0 Å². The van der Waals surface area contributed by atoms with Crippen LogP contribution in [0.25, 0.3) is 5.69 Å². The predicted molar refractivity (Wildman–Crippen MR) is 104 cm³/mol. The molecule has 30 heavy (non-hydrogen) atoms. The van der Waals surface area contributed by atoms with Crippen LogP contribution >= 0.6 is 0 Å². The van der Waals surface area contributed by atoms with E-state index in [0.717, 1.165) is 16.4 Å². The maximum atomic E-state index is 13.7. The molecule has 0 aliphatic carbocycles. The number of methoxy groups -OCH3 is 2. The molecule has 0 aliphatic heterocycles. The highest BCUT2D eigenvalue weighted by atomic mass is 19.4. The van der Waals surface area contributed by atoms with Gasteiger partial charge in [-0.2, -0.15) is 18.3 Å². The van der Waals surface area contributed by atoms with Gasteiger partial charge in [-0.1, -0.05) is 18.2 Å². The molecule has 0 saturated carbocycles. The smallest absolute Gasteiger partial charge is 0.434 e. The number of benzene rings is 2. The fourth-order valence-electron chi connectivity index (χ4n) is 2.98. The van der Waals surface area contributed by atoms with E-state index in [1.807, 2.05) is 0 Å². The van der Waals surface area contributed by atoms with Crippen LogP contribution < -0.4 is 14.8 Å². The van der Waals surface area contributed by atoms with Crippen molar-refractivity contribution in [1.29, 1.82) is 0 Å². The molecule has 0 spiro atoms. The summed E-state index contributed by atoms with van der Waals surface area (Å²) in [5.41, 5.74) is -0.626. The second kappa shape index (κ2) is 8.89. The van der Waals surface area contributed by atoms with Crippen molar-refractivity contribution in [2.24, 2.45) is 0 Å². The third-order valence-corrected chi connectivity index (χ3v) is 4.39. The minimum atomic E-state index is -4.75. The summed E-state index contributed by atoms with van der Waals surface area (Å²) >= 11 is 0. The number of nitrogens with one attached hydrogen (secondary N) is 1. The zero-order valence-electron chi connectivity index (χ0n) is 16.4. The number of para-hydroxylation sites is 1. The van der Waals surface area contributed by atoms with Gasteiger partial charge < -0.3 is 14.8 Å². The molecule has 3 rings (SSSR count). The van der Waals surface area contributed by atoms with Crippen molar-refractivity contribution in [1.82, 2.24) is 15.1 Å². The highest BCUT2D eigenvalue weighted by Gasteiger charge is 2.40. The van der Waals surface area contributed by atoms with Crippen molar-refractivity contribution in [3.63, 3.8) is 0 Å². The standard InChI is InChI=1S/C21H20F3N3O3/c1-29-16-10-14(11-17(12-16)30-2)8-9-25-20(28)18-13-26-27(19(18)21(22,23)24)15-6-4-3-5-7-15/h3-7,10-13H,8-9H2,1-2H3,(H,25,28). The number of hydrogen-bond donors (Lipinski definition) is 1. The normalized spacial score (nSPS) is 11.2. The lowest BCUT2D eigenvalue weighted by atomic mass is 10.1. The first-order valence-electron chi connectivity index (χ1n) is 9.04. The Kier molecular flexibility index (Phi) is 6.29. The van der Waals surface area contributed by atoms with Gasteiger partial charge in [0.2, 0.25) is 0 Å². The van der Waals surface area contributed by atoms with Crippen molar-refractivity contribution in [2.75, 3.05) is 20.8 Å². The molecule has 0 fully saturated rings. The maximum Gasteiger partial charge on any atom is 0.434 e.